The lowest BCUT2D eigenvalue weighted by Gasteiger charge is -2.11. The topological polar surface area (TPSA) is 95.9 Å². The van der Waals surface area contributed by atoms with Gasteiger partial charge in [0.1, 0.15) is 12.2 Å². The average Bonchev–Trinajstić information content (AvgIpc) is 3.55. The van der Waals surface area contributed by atoms with E-state index in [2.05, 4.69) is 30.2 Å². The monoisotopic (exact) mass is 506 g/mol. The van der Waals surface area contributed by atoms with E-state index in [-0.39, 0.29) is 0 Å². The van der Waals surface area contributed by atoms with Gasteiger partial charge in [-0.25, -0.2) is 14.6 Å². The molecule has 1 aromatic carbocycles. The summed E-state index contributed by atoms with van der Waals surface area (Å²) in [7, 11) is 1.57. The molecule has 188 valence electrons. The normalized spacial score (nSPS) is 13.9. The van der Waals surface area contributed by atoms with Crippen LogP contribution in [0.25, 0.3) is 22.6 Å². The van der Waals surface area contributed by atoms with Crippen LogP contribution in [-0.4, -0.2) is 46.4 Å². The lowest BCUT2D eigenvalue weighted by atomic mass is 10.1. The van der Waals surface area contributed by atoms with Crippen molar-refractivity contribution in [3.05, 3.63) is 77.5 Å². The largest absolute Gasteiger partial charge is 0.480 e. The third-order valence-electron chi connectivity index (χ3n) is 6.34. The maximum absolute atomic E-state index is 13.0. The van der Waals surface area contributed by atoms with Crippen LogP contribution < -0.4 is 4.74 Å². The van der Waals surface area contributed by atoms with Crippen LogP contribution in [0.3, 0.4) is 0 Å². The lowest BCUT2D eigenvalue weighted by Crippen LogP contribution is -2.07. The zero-order chi connectivity index (χ0) is 25.7. The Bertz CT molecular complexity index is 1600. The Morgan fingerprint density at radius 2 is 1.84 bits per heavy atom. The number of ether oxygens (including phenoxy) is 1. The number of benzene rings is 1. The molecule has 0 spiro atoms. The minimum atomic E-state index is -4.49. The van der Waals surface area contributed by atoms with Gasteiger partial charge in [0.2, 0.25) is 5.88 Å². The number of hydrogen-bond acceptors (Lipinski definition) is 7. The van der Waals surface area contributed by atoms with Crippen molar-refractivity contribution in [2.24, 2.45) is 0 Å². The second-order valence-electron chi connectivity index (χ2n) is 8.96. The number of fused-ring (bicyclic) bond motifs is 1. The molecule has 0 bridgehead atoms. The molecule has 0 unspecified atom stereocenters. The van der Waals surface area contributed by atoms with Crippen LogP contribution in [0, 0.1) is 6.92 Å². The van der Waals surface area contributed by atoms with E-state index in [1.54, 1.807) is 32.4 Å². The van der Waals surface area contributed by atoms with Crippen LogP contribution >= 0.6 is 0 Å². The van der Waals surface area contributed by atoms with Gasteiger partial charge in [0.25, 0.3) is 0 Å². The summed E-state index contributed by atoms with van der Waals surface area (Å²) in [5, 5.41) is 12.3. The quantitative estimate of drug-likeness (QED) is 0.333. The molecule has 4 aromatic heterocycles. The molecule has 4 heterocycles. The van der Waals surface area contributed by atoms with E-state index >= 15 is 0 Å². The molecule has 0 radical (unpaired) electrons. The predicted octanol–water partition coefficient (Wildman–Crippen LogP) is 4.57. The van der Waals surface area contributed by atoms with Crippen molar-refractivity contribution in [1.82, 2.24) is 39.3 Å². The molecule has 0 N–H and O–H groups in total. The molecule has 0 aliphatic heterocycles. The van der Waals surface area contributed by atoms with Crippen molar-refractivity contribution < 1.29 is 17.9 Å². The van der Waals surface area contributed by atoms with E-state index in [9.17, 15) is 13.2 Å². The molecule has 1 aliphatic rings. The molecule has 1 aliphatic carbocycles. The fourth-order valence-electron chi connectivity index (χ4n) is 4.35. The molecule has 1 saturated carbocycles. The summed E-state index contributed by atoms with van der Waals surface area (Å²) >= 11 is 0. The molecule has 1 fully saturated rings. The molecule has 5 aromatic rings. The summed E-state index contributed by atoms with van der Waals surface area (Å²) in [6, 6.07) is 8.18. The SMILES string of the molecule is COc1ncnc(C2CC2)c1-c1cn2c(Cc3ccc(-n4nc(C(F)(F)F)cc4C)cc3)nnc2cn1. The highest BCUT2D eigenvalue weighted by molar-refractivity contribution is 5.69. The highest BCUT2D eigenvalue weighted by Crippen LogP contribution is 2.45. The third kappa shape index (κ3) is 4.28. The first-order valence-corrected chi connectivity index (χ1v) is 11.6. The molecule has 37 heavy (non-hydrogen) atoms. The van der Waals surface area contributed by atoms with Crippen molar-refractivity contribution in [2.75, 3.05) is 7.11 Å². The number of hydrogen-bond donors (Lipinski definition) is 0. The number of rotatable bonds is 6. The van der Waals surface area contributed by atoms with Crippen LogP contribution in [0.2, 0.25) is 0 Å². The van der Waals surface area contributed by atoms with Crippen LogP contribution in [0.1, 0.15) is 47.2 Å². The number of aryl methyl sites for hydroxylation is 1. The van der Waals surface area contributed by atoms with Gasteiger partial charge >= 0.3 is 6.18 Å². The van der Waals surface area contributed by atoms with Gasteiger partial charge in [-0.3, -0.25) is 9.38 Å². The van der Waals surface area contributed by atoms with Crippen LogP contribution in [-0.2, 0) is 12.6 Å². The van der Waals surface area contributed by atoms with Crippen molar-refractivity contribution >= 4 is 5.65 Å². The van der Waals surface area contributed by atoms with Gasteiger partial charge < -0.3 is 4.74 Å². The van der Waals surface area contributed by atoms with Crippen molar-refractivity contribution in [3.63, 3.8) is 0 Å². The number of nitrogens with zero attached hydrogens (tertiary/aromatic N) is 8. The zero-order valence-electron chi connectivity index (χ0n) is 19.9. The van der Waals surface area contributed by atoms with Crippen LogP contribution in [0.15, 0.2) is 49.1 Å². The maximum atomic E-state index is 13.0. The molecular formula is C25H21F3N8O. The molecular weight excluding hydrogens is 485 g/mol. The standard InChI is InChI=1S/C25H21F3N8O/c1-14-9-19(25(26,27)28)34-36(14)17-7-3-15(4-8-17)10-20-32-33-21-11-29-18(12-35(20)21)22-23(16-5-6-16)30-13-31-24(22)37-2/h3-4,7-9,11-13,16H,5-6,10H2,1-2H3. The highest BCUT2D eigenvalue weighted by Gasteiger charge is 2.34. The van der Waals surface area contributed by atoms with Crippen molar-refractivity contribution in [3.8, 4) is 22.8 Å². The molecule has 6 rings (SSSR count). The van der Waals surface area contributed by atoms with Gasteiger partial charge in [-0.2, -0.15) is 18.3 Å². The van der Waals surface area contributed by atoms with Gasteiger partial charge in [0, 0.05) is 24.2 Å². The van der Waals surface area contributed by atoms with E-state index in [4.69, 9.17) is 4.74 Å². The Kier molecular flexibility index (Phi) is 5.39. The van der Waals surface area contributed by atoms with Gasteiger partial charge in [0.15, 0.2) is 11.3 Å². The molecule has 12 heteroatoms. The van der Waals surface area contributed by atoms with E-state index in [1.807, 2.05) is 22.7 Å². The first-order chi connectivity index (χ1) is 17.8. The second-order valence-corrected chi connectivity index (χ2v) is 8.96. The Morgan fingerprint density at radius 1 is 1.05 bits per heavy atom. The fourth-order valence-corrected chi connectivity index (χ4v) is 4.35. The van der Waals surface area contributed by atoms with Crippen molar-refractivity contribution in [2.45, 2.75) is 38.3 Å². The summed E-state index contributed by atoms with van der Waals surface area (Å²) in [4.78, 5) is 13.3. The summed E-state index contributed by atoms with van der Waals surface area (Å²) < 4.78 is 47.8. The van der Waals surface area contributed by atoms with Crippen LogP contribution in [0.5, 0.6) is 5.88 Å². The first-order valence-electron chi connectivity index (χ1n) is 11.6. The highest BCUT2D eigenvalue weighted by atomic mass is 19.4. The Morgan fingerprint density at radius 3 is 2.51 bits per heavy atom. The average molecular weight is 506 g/mol. The number of alkyl halides is 3. The van der Waals surface area contributed by atoms with Gasteiger partial charge in [-0.1, -0.05) is 12.1 Å². The Balaban J connectivity index is 1.31. The van der Waals surface area contributed by atoms with Gasteiger partial charge in [-0.15, -0.1) is 10.2 Å². The number of halogens is 3. The smallest absolute Gasteiger partial charge is 0.435 e. The third-order valence-corrected chi connectivity index (χ3v) is 6.34. The molecule has 0 atom stereocenters. The summed E-state index contributed by atoms with van der Waals surface area (Å²) in [5.74, 6) is 1.52. The number of aromatic nitrogens is 8. The van der Waals surface area contributed by atoms with E-state index in [0.29, 0.717) is 46.8 Å². The first kappa shape index (κ1) is 23.1. The lowest BCUT2D eigenvalue weighted by molar-refractivity contribution is -0.141. The summed E-state index contributed by atoms with van der Waals surface area (Å²) in [5.41, 5.74) is 3.88. The zero-order valence-corrected chi connectivity index (χ0v) is 19.9. The van der Waals surface area contributed by atoms with E-state index in [1.165, 1.54) is 11.0 Å². The van der Waals surface area contributed by atoms with E-state index in [0.717, 1.165) is 35.7 Å². The molecule has 0 amide bonds. The summed E-state index contributed by atoms with van der Waals surface area (Å²) in [6.07, 6.45) is 3.12. The maximum Gasteiger partial charge on any atom is 0.435 e. The fraction of sp³-hybridized carbons (Fsp3) is 0.280. The van der Waals surface area contributed by atoms with Crippen LogP contribution in [0.4, 0.5) is 13.2 Å². The predicted molar refractivity (Wildman–Crippen MR) is 126 cm³/mol. The summed E-state index contributed by atoms with van der Waals surface area (Å²) in [6.45, 7) is 1.59. The Labute approximate surface area is 209 Å². The molecule has 9 nitrogen and oxygen atoms in total. The second kappa shape index (κ2) is 8.64. The van der Waals surface area contributed by atoms with Crippen molar-refractivity contribution in [1.29, 1.82) is 0 Å². The number of methoxy groups -OCH3 is 1. The molecule has 0 saturated heterocycles. The van der Waals surface area contributed by atoms with E-state index < -0.39 is 11.9 Å². The van der Waals surface area contributed by atoms with Gasteiger partial charge in [0.05, 0.1) is 35.9 Å². The minimum absolute atomic E-state index is 0.369. The van der Waals surface area contributed by atoms with Gasteiger partial charge in [-0.05, 0) is 43.5 Å². The Hall–Kier alpha value is -4.35. The minimum Gasteiger partial charge on any atom is -0.480 e.